The minimum Gasteiger partial charge on any atom is -0.379 e. The van der Waals surface area contributed by atoms with E-state index in [1.807, 2.05) is 30.3 Å². The van der Waals surface area contributed by atoms with Crippen LogP contribution in [-0.2, 0) is 9.47 Å². The summed E-state index contributed by atoms with van der Waals surface area (Å²) >= 11 is 0. The van der Waals surface area contributed by atoms with Crippen LogP contribution in [0.15, 0.2) is 30.3 Å². The molecule has 1 aliphatic heterocycles. The molecule has 0 saturated carbocycles. The summed E-state index contributed by atoms with van der Waals surface area (Å²) < 4.78 is 10.8. The summed E-state index contributed by atoms with van der Waals surface area (Å²) in [6.07, 6.45) is 2.55. The van der Waals surface area contributed by atoms with Gasteiger partial charge in [-0.1, -0.05) is 30.3 Å². The molecule has 0 aromatic heterocycles. The molecule has 1 atom stereocenters. The van der Waals surface area contributed by atoms with Gasteiger partial charge in [-0.05, 0) is 12.8 Å². The van der Waals surface area contributed by atoms with Crippen LogP contribution < -0.4 is 0 Å². The largest absolute Gasteiger partial charge is 0.379 e. The molecule has 0 N–H and O–H groups in total. The van der Waals surface area contributed by atoms with Crippen LogP contribution in [0, 0.1) is 0 Å². The topological polar surface area (TPSA) is 35.5 Å². The van der Waals surface area contributed by atoms with Gasteiger partial charge in [0, 0.05) is 25.2 Å². The summed E-state index contributed by atoms with van der Waals surface area (Å²) in [5.41, 5.74) is 0.789. The second-order valence-electron chi connectivity index (χ2n) is 4.25. The zero-order valence-corrected chi connectivity index (χ0v) is 9.93. The standard InChI is InChI=1S/C14H18O3/c15-14(12-5-2-1-3-6-12)7-4-9-17-13-8-10-16-11-13/h1-3,5-6,13H,4,7-11H2. The Morgan fingerprint density at radius 3 is 2.88 bits per heavy atom. The number of benzene rings is 1. The number of ketones is 1. The molecule has 0 amide bonds. The molecule has 17 heavy (non-hydrogen) atoms. The molecule has 1 aromatic rings. The summed E-state index contributed by atoms with van der Waals surface area (Å²) in [6, 6.07) is 9.40. The van der Waals surface area contributed by atoms with E-state index in [9.17, 15) is 4.79 Å². The number of rotatable bonds is 6. The van der Waals surface area contributed by atoms with E-state index in [0.717, 1.165) is 25.0 Å². The van der Waals surface area contributed by atoms with Crippen LogP contribution in [0.5, 0.6) is 0 Å². The smallest absolute Gasteiger partial charge is 0.162 e. The summed E-state index contributed by atoms with van der Waals surface area (Å²) in [6.45, 7) is 2.15. The van der Waals surface area contributed by atoms with Gasteiger partial charge >= 0.3 is 0 Å². The van der Waals surface area contributed by atoms with Crippen molar-refractivity contribution < 1.29 is 14.3 Å². The highest BCUT2D eigenvalue weighted by Gasteiger charge is 2.15. The van der Waals surface area contributed by atoms with E-state index in [1.165, 1.54) is 0 Å². The third-order valence-electron chi connectivity index (χ3n) is 2.89. The molecule has 3 heteroatoms. The minimum atomic E-state index is 0.192. The summed E-state index contributed by atoms with van der Waals surface area (Å²) in [5.74, 6) is 0.192. The van der Waals surface area contributed by atoms with Crippen molar-refractivity contribution in [2.45, 2.75) is 25.4 Å². The van der Waals surface area contributed by atoms with Crippen molar-refractivity contribution in [3.8, 4) is 0 Å². The van der Waals surface area contributed by atoms with Crippen molar-refractivity contribution >= 4 is 5.78 Å². The van der Waals surface area contributed by atoms with Crippen molar-refractivity contribution in [1.29, 1.82) is 0 Å². The Balaban J connectivity index is 1.63. The first kappa shape index (κ1) is 12.3. The lowest BCUT2D eigenvalue weighted by atomic mass is 10.1. The zero-order valence-electron chi connectivity index (χ0n) is 9.93. The highest BCUT2D eigenvalue weighted by Crippen LogP contribution is 2.10. The fourth-order valence-electron chi connectivity index (χ4n) is 1.90. The lowest BCUT2D eigenvalue weighted by Gasteiger charge is -2.08. The van der Waals surface area contributed by atoms with Crippen molar-refractivity contribution in [1.82, 2.24) is 0 Å². The lowest BCUT2D eigenvalue weighted by molar-refractivity contribution is 0.0403. The van der Waals surface area contributed by atoms with E-state index in [1.54, 1.807) is 0 Å². The van der Waals surface area contributed by atoms with E-state index in [0.29, 0.717) is 19.6 Å². The molecular weight excluding hydrogens is 216 g/mol. The van der Waals surface area contributed by atoms with E-state index < -0.39 is 0 Å². The summed E-state index contributed by atoms with van der Waals surface area (Å²) in [4.78, 5) is 11.8. The van der Waals surface area contributed by atoms with Crippen LogP contribution in [0.4, 0.5) is 0 Å². The number of hydrogen-bond acceptors (Lipinski definition) is 3. The predicted molar refractivity (Wildman–Crippen MR) is 65.2 cm³/mol. The Morgan fingerprint density at radius 2 is 2.18 bits per heavy atom. The highest BCUT2D eigenvalue weighted by atomic mass is 16.5. The Morgan fingerprint density at radius 1 is 1.35 bits per heavy atom. The molecule has 3 nitrogen and oxygen atoms in total. The highest BCUT2D eigenvalue weighted by molar-refractivity contribution is 5.95. The van der Waals surface area contributed by atoms with E-state index in [4.69, 9.17) is 9.47 Å². The van der Waals surface area contributed by atoms with Crippen LogP contribution in [0.3, 0.4) is 0 Å². The molecule has 0 aliphatic carbocycles. The third-order valence-corrected chi connectivity index (χ3v) is 2.89. The van der Waals surface area contributed by atoms with Crippen LogP contribution in [-0.4, -0.2) is 31.7 Å². The van der Waals surface area contributed by atoms with E-state index in [2.05, 4.69) is 0 Å². The predicted octanol–water partition coefficient (Wildman–Crippen LogP) is 2.46. The molecule has 1 aromatic carbocycles. The quantitative estimate of drug-likeness (QED) is 0.560. The second-order valence-corrected chi connectivity index (χ2v) is 4.25. The van der Waals surface area contributed by atoms with Crippen molar-refractivity contribution in [3.05, 3.63) is 35.9 Å². The summed E-state index contributed by atoms with van der Waals surface area (Å²) in [5, 5.41) is 0. The van der Waals surface area contributed by atoms with Gasteiger partial charge in [-0.3, -0.25) is 4.79 Å². The average Bonchev–Trinajstić information content (AvgIpc) is 2.88. The molecule has 92 valence electrons. The molecule has 0 radical (unpaired) electrons. The molecule has 1 saturated heterocycles. The van der Waals surface area contributed by atoms with Crippen molar-refractivity contribution in [3.63, 3.8) is 0 Å². The maximum absolute atomic E-state index is 11.8. The molecule has 0 spiro atoms. The van der Waals surface area contributed by atoms with Crippen LogP contribution in [0.25, 0.3) is 0 Å². The van der Waals surface area contributed by atoms with E-state index >= 15 is 0 Å². The maximum atomic E-state index is 11.8. The third kappa shape index (κ3) is 3.95. The number of hydrogen-bond donors (Lipinski definition) is 0. The van der Waals surface area contributed by atoms with Gasteiger partial charge < -0.3 is 9.47 Å². The Bertz CT molecular complexity index is 342. The maximum Gasteiger partial charge on any atom is 0.162 e. The minimum absolute atomic E-state index is 0.192. The average molecular weight is 234 g/mol. The van der Waals surface area contributed by atoms with E-state index in [-0.39, 0.29) is 11.9 Å². The SMILES string of the molecule is O=C(CCCOC1CCOC1)c1ccccc1. The number of Topliss-reactive ketones (excluding diaryl/α,β-unsaturated/α-hetero) is 1. The normalized spacial score (nSPS) is 19.4. The fourth-order valence-corrected chi connectivity index (χ4v) is 1.90. The fraction of sp³-hybridized carbons (Fsp3) is 0.500. The Labute approximate surface area is 102 Å². The van der Waals surface area contributed by atoms with Gasteiger partial charge in [-0.2, -0.15) is 0 Å². The molecule has 2 rings (SSSR count). The lowest BCUT2D eigenvalue weighted by Crippen LogP contribution is -2.13. The zero-order chi connectivity index (χ0) is 11.9. The molecule has 1 heterocycles. The number of ether oxygens (including phenoxy) is 2. The second kappa shape index (κ2) is 6.52. The molecular formula is C14H18O3. The van der Waals surface area contributed by atoms with Crippen molar-refractivity contribution in [2.75, 3.05) is 19.8 Å². The van der Waals surface area contributed by atoms with Gasteiger partial charge in [0.05, 0.1) is 12.7 Å². The monoisotopic (exact) mass is 234 g/mol. The van der Waals surface area contributed by atoms with Crippen LogP contribution >= 0.6 is 0 Å². The molecule has 0 bridgehead atoms. The Kier molecular flexibility index (Phi) is 4.71. The van der Waals surface area contributed by atoms with Gasteiger partial charge in [-0.15, -0.1) is 0 Å². The number of carbonyl (C=O) groups is 1. The van der Waals surface area contributed by atoms with Crippen LogP contribution in [0.2, 0.25) is 0 Å². The van der Waals surface area contributed by atoms with Gasteiger partial charge in [0.1, 0.15) is 0 Å². The van der Waals surface area contributed by atoms with Gasteiger partial charge in [-0.25, -0.2) is 0 Å². The molecule has 1 fully saturated rings. The van der Waals surface area contributed by atoms with Gasteiger partial charge in [0.15, 0.2) is 5.78 Å². The first-order valence-electron chi connectivity index (χ1n) is 6.14. The molecule has 1 aliphatic rings. The number of carbonyl (C=O) groups excluding carboxylic acids is 1. The van der Waals surface area contributed by atoms with Crippen LogP contribution in [0.1, 0.15) is 29.6 Å². The molecule has 1 unspecified atom stereocenters. The Hall–Kier alpha value is -1.19. The van der Waals surface area contributed by atoms with Crippen molar-refractivity contribution in [2.24, 2.45) is 0 Å². The van der Waals surface area contributed by atoms with Gasteiger partial charge in [0.2, 0.25) is 0 Å². The summed E-state index contributed by atoms with van der Waals surface area (Å²) in [7, 11) is 0. The first-order chi connectivity index (χ1) is 8.36. The first-order valence-corrected chi connectivity index (χ1v) is 6.14. The van der Waals surface area contributed by atoms with Gasteiger partial charge in [0.25, 0.3) is 0 Å².